The van der Waals surface area contributed by atoms with Gasteiger partial charge >= 0.3 is 0 Å². The molecule has 0 aliphatic heterocycles. The molecule has 3 N–H and O–H groups in total. The van der Waals surface area contributed by atoms with Gasteiger partial charge in [-0.05, 0) is 18.8 Å². The van der Waals surface area contributed by atoms with Gasteiger partial charge in [0.2, 0.25) is 10.0 Å². The van der Waals surface area contributed by atoms with Gasteiger partial charge in [0.05, 0.1) is 0 Å². The molecule has 1 rings (SSSR count). The molecule has 120 valence electrons. The number of nitrogens with one attached hydrogen (secondary N) is 1. The third kappa shape index (κ3) is 5.14. The molecule has 1 amide bonds. The van der Waals surface area contributed by atoms with E-state index in [9.17, 15) is 13.2 Å². The summed E-state index contributed by atoms with van der Waals surface area (Å²) in [6, 6.07) is 1.14. The SMILES string of the molecule is COCCC(C)(C)CNC(=O)c1cc(S(N)(=O)=O)c(C)o1. The fraction of sp³-hybridized carbons (Fsp3) is 0.615. The molecule has 0 saturated heterocycles. The first kappa shape index (κ1) is 17.7. The molecule has 21 heavy (non-hydrogen) atoms. The zero-order valence-corrected chi connectivity index (χ0v) is 13.5. The lowest BCUT2D eigenvalue weighted by Crippen LogP contribution is -2.34. The van der Waals surface area contributed by atoms with E-state index in [2.05, 4.69) is 5.32 Å². The smallest absolute Gasteiger partial charge is 0.287 e. The van der Waals surface area contributed by atoms with Crippen molar-refractivity contribution in [3.05, 3.63) is 17.6 Å². The number of ether oxygens (including phenoxy) is 1. The van der Waals surface area contributed by atoms with Crippen molar-refractivity contribution in [3.63, 3.8) is 0 Å². The number of primary sulfonamides is 1. The zero-order valence-electron chi connectivity index (χ0n) is 12.7. The van der Waals surface area contributed by atoms with Gasteiger partial charge in [-0.15, -0.1) is 0 Å². The molecule has 8 heteroatoms. The Morgan fingerprint density at radius 2 is 2.10 bits per heavy atom. The van der Waals surface area contributed by atoms with E-state index in [-0.39, 0.29) is 21.8 Å². The number of rotatable bonds is 7. The Labute approximate surface area is 124 Å². The van der Waals surface area contributed by atoms with Crippen LogP contribution in [0.15, 0.2) is 15.4 Å². The van der Waals surface area contributed by atoms with Crippen LogP contribution in [0.2, 0.25) is 0 Å². The standard InChI is InChI=1S/C13H22N2O5S/c1-9-11(21(14,17)18)7-10(20-9)12(16)15-8-13(2,3)5-6-19-4/h7H,5-6,8H2,1-4H3,(H,15,16)(H2,14,17,18). The van der Waals surface area contributed by atoms with Crippen LogP contribution in [0, 0.1) is 12.3 Å². The molecule has 0 fully saturated rings. The highest BCUT2D eigenvalue weighted by Gasteiger charge is 2.23. The van der Waals surface area contributed by atoms with Crippen molar-refractivity contribution in [2.24, 2.45) is 10.6 Å². The Balaban J connectivity index is 2.73. The lowest BCUT2D eigenvalue weighted by molar-refractivity contribution is 0.0892. The van der Waals surface area contributed by atoms with Gasteiger partial charge in [0.15, 0.2) is 5.76 Å². The number of hydrogen-bond acceptors (Lipinski definition) is 5. The van der Waals surface area contributed by atoms with Crippen molar-refractivity contribution in [2.45, 2.75) is 32.1 Å². The molecular formula is C13H22N2O5S. The van der Waals surface area contributed by atoms with Crippen LogP contribution in [0.5, 0.6) is 0 Å². The number of hydrogen-bond donors (Lipinski definition) is 2. The van der Waals surface area contributed by atoms with E-state index in [4.69, 9.17) is 14.3 Å². The van der Waals surface area contributed by atoms with E-state index in [1.807, 2.05) is 13.8 Å². The van der Waals surface area contributed by atoms with Gasteiger partial charge in [-0.1, -0.05) is 13.8 Å². The van der Waals surface area contributed by atoms with Crippen LogP contribution < -0.4 is 10.5 Å². The molecule has 0 atom stereocenters. The second-order valence-corrected chi connectivity index (χ2v) is 7.20. The fourth-order valence-electron chi connectivity index (χ4n) is 1.73. The molecule has 1 heterocycles. The third-order valence-corrected chi connectivity index (χ3v) is 4.13. The summed E-state index contributed by atoms with van der Waals surface area (Å²) in [6.45, 7) is 6.45. The van der Waals surface area contributed by atoms with E-state index in [1.54, 1.807) is 7.11 Å². The predicted molar refractivity (Wildman–Crippen MR) is 77.4 cm³/mol. The lowest BCUT2D eigenvalue weighted by atomic mass is 9.90. The number of amides is 1. The molecule has 0 aliphatic carbocycles. The van der Waals surface area contributed by atoms with Crippen LogP contribution in [0.1, 0.15) is 36.6 Å². The summed E-state index contributed by atoms with van der Waals surface area (Å²) in [7, 11) is -2.27. The molecule has 0 unspecified atom stereocenters. The van der Waals surface area contributed by atoms with E-state index < -0.39 is 15.9 Å². The van der Waals surface area contributed by atoms with Gasteiger partial charge in [-0.3, -0.25) is 4.79 Å². The van der Waals surface area contributed by atoms with Crippen molar-refractivity contribution in [1.82, 2.24) is 5.32 Å². The number of sulfonamides is 1. The van der Waals surface area contributed by atoms with Crippen molar-refractivity contribution < 1.29 is 22.4 Å². The Morgan fingerprint density at radius 1 is 1.48 bits per heavy atom. The van der Waals surface area contributed by atoms with Crippen LogP contribution in [0.4, 0.5) is 0 Å². The third-order valence-electron chi connectivity index (χ3n) is 3.11. The van der Waals surface area contributed by atoms with E-state index >= 15 is 0 Å². The monoisotopic (exact) mass is 318 g/mol. The minimum absolute atomic E-state index is 0.0703. The molecule has 0 saturated carbocycles. The van der Waals surface area contributed by atoms with Crippen LogP contribution >= 0.6 is 0 Å². The molecular weight excluding hydrogens is 296 g/mol. The Kier molecular flexibility index (Phi) is 5.54. The molecule has 1 aromatic rings. The normalized spacial score (nSPS) is 12.4. The molecule has 0 bridgehead atoms. The maximum atomic E-state index is 12.0. The molecule has 0 aliphatic rings. The first-order valence-electron chi connectivity index (χ1n) is 6.47. The van der Waals surface area contributed by atoms with Crippen molar-refractivity contribution in [1.29, 1.82) is 0 Å². The summed E-state index contributed by atoms with van der Waals surface area (Å²) in [6.07, 6.45) is 0.781. The molecule has 0 aromatic carbocycles. The summed E-state index contributed by atoms with van der Waals surface area (Å²) < 4.78 is 32.8. The first-order valence-corrected chi connectivity index (χ1v) is 8.02. The van der Waals surface area contributed by atoms with E-state index in [0.29, 0.717) is 13.2 Å². The van der Waals surface area contributed by atoms with Crippen LogP contribution in [-0.2, 0) is 14.8 Å². The fourth-order valence-corrected chi connectivity index (χ4v) is 2.45. The highest BCUT2D eigenvalue weighted by Crippen LogP contribution is 2.21. The number of furan rings is 1. The number of carbonyl (C=O) groups is 1. The molecule has 1 aromatic heterocycles. The Hall–Kier alpha value is -1.38. The molecule has 7 nitrogen and oxygen atoms in total. The van der Waals surface area contributed by atoms with Gasteiger partial charge in [-0.2, -0.15) is 0 Å². The summed E-state index contributed by atoms with van der Waals surface area (Å²) in [4.78, 5) is 11.8. The number of methoxy groups -OCH3 is 1. The highest BCUT2D eigenvalue weighted by atomic mass is 32.2. The minimum atomic E-state index is -3.89. The topological polar surface area (TPSA) is 112 Å². The van der Waals surface area contributed by atoms with E-state index in [1.165, 1.54) is 6.92 Å². The van der Waals surface area contributed by atoms with Crippen molar-refractivity contribution in [3.8, 4) is 0 Å². The largest absolute Gasteiger partial charge is 0.455 e. The maximum absolute atomic E-state index is 12.0. The highest BCUT2D eigenvalue weighted by molar-refractivity contribution is 7.89. The van der Waals surface area contributed by atoms with Gasteiger partial charge in [-0.25, -0.2) is 13.6 Å². The summed E-state index contributed by atoms with van der Waals surface area (Å²) in [5, 5.41) is 7.75. The number of nitrogens with two attached hydrogens (primary N) is 1. The van der Waals surface area contributed by atoms with Crippen LogP contribution in [-0.4, -0.2) is 34.6 Å². The van der Waals surface area contributed by atoms with Gasteiger partial charge < -0.3 is 14.5 Å². The quantitative estimate of drug-likeness (QED) is 0.780. The second kappa shape index (κ2) is 6.59. The predicted octanol–water partition coefficient (Wildman–Crippen LogP) is 1.03. The Bertz CT molecular complexity index is 604. The number of carbonyl (C=O) groups excluding carboxylic acids is 1. The maximum Gasteiger partial charge on any atom is 0.287 e. The summed E-state index contributed by atoms with van der Waals surface area (Å²) in [5.74, 6) is -0.446. The minimum Gasteiger partial charge on any atom is -0.455 e. The van der Waals surface area contributed by atoms with Crippen molar-refractivity contribution >= 4 is 15.9 Å². The Morgan fingerprint density at radius 3 is 2.57 bits per heavy atom. The molecule has 0 spiro atoms. The summed E-state index contributed by atoms with van der Waals surface area (Å²) >= 11 is 0. The number of aryl methyl sites for hydroxylation is 1. The molecule has 0 radical (unpaired) electrons. The van der Waals surface area contributed by atoms with Crippen LogP contribution in [0.25, 0.3) is 0 Å². The van der Waals surface area contributed by atoms with Crippen molar-refractivity contribution in [2.75, 3.05) is 20.3 Å². The lowest BCUT2D eigenvalue weighted by Gasteiger charge is -2.24. The second-order valence-electron chi connectivity index (χ2n) is 5.67. The average molecular weight is 318 g/mol. The summed E-state index contributed by atoms with van der Waals surface area (Å²) in [5.41, 5.74) is -0.143. The van der Waals surface area contributed by atoms with Gasteiger partial charge in [0.1, 0.15) is 10.7 Å². The van der Waals surface area contributed by atoms with E-state index in [0.717, 1.165) is 12.5 Å². The average Bonchev–Trinajstić information content (AvgIpc) is 2.76. The van der Waals surface area contributed by atoms with Gasteiger partial charge in [0.25, 0.3) is 5.91 Å². The first-order chi connectivity index (χ1) is 9.57. The van der Waals surface area contributed by atoms with Gasteiger partial charge in [0, 0.05) is 26.3 Å². The van der Waals surface area contributed by atoms with Crippen LogP contribution in [0.3, 0.4) is 0 Å². The zero-order chi connectivity index (χ0) is 16.3.